The molecule has 0 radical (unpaired) electrons. The van der Waals surface area contributed by atoms with Gasteiger partial charge in [-0.3, -0.25) is 20.2 Å². The van der Waals surface area contributed by atoms with Crippen LogP contribution < -0.4 is 5.32 Å². The van der Waals surface area contributed by atoms with Crippen molar-refractivity contribution in [3.8, 4) is 10.6 Å². The number of non-ortho nitro benzene ring substituents is 1. The smallest absolute Gasteiger partial charge is 0.270 e. The minimum absolute atomic E-state index is 0.0204. The number of hydrogen-bond acceptors (Lipinski definition) is 6. The molecule has 120 valence electrons. The summed E-state index contributed by atoms with van der Waals surface area (Å²) >= 11 is 1.16. The van der Waals surface area contributed by atoms with Crippen LogP contribution in [-0.2, 0) is 0 Å². The first-order valence-electron chi connectivity index (χ1n) is 6.99. The summed E-state index contributed by atoms with van der Waals surface area (Å²) in [5.41, 5.74) is 2.15. The van der Waals surface area contributed by atoms with Gasteiger partial charge in [-0.25, -0.2) is 0 Å². The molecule has 1 heterocycles. The van der Waals surface area contributed by atoms with Crippen LogP contribution in [-0.4, -0.2) is 21.0 Å². The normalized spacial score (nSPS) is 10.4. The molecular weight excluding hydrogens is 328 g/mol. The summed E-state index contributed by atoms with van der Waals surface area (Å²) < 4.78 is 0. The van der Waals surface area contributed by atoms with Crippen LogP contribution in [0, 0.1) is 17.0 Å². The summed E-state index contributed by atoms with van der Waals surface area (Å²) in [6.45, 7) is 1.94. The molecule has 0 saturated carbocycles. The fraction of sp³-hybridized carbons (Fsp3) is 0.0625. The zero-order valence-electron chi connectivity index (χ0n) is 12.6. The Morgan fingerprint density at radius 1 is 1.17 bits per heavy atom. The molecule has 0 unspecified atom stereocenters. The molecule has 2 aromatic carbocycles. The molecule has 1 amide bonds. The average Bonchev–Trinajstić information content (AvgIpc) is 3.04. The van der Waals surface area contributed by atoms with Gasteiger partial charge >= 0.3 is 0 Å². The number of nitrogens with one attached hydrogen (secondary N) is 1. The van der Waals surface area contributed by atoms with E-state index < -0.39 is 4.92 Å². The standard InChI is InChI=1S/C16H12N4O3S/c1-10-5-7-11(8-6-10)14(21)17-16-19-18-15(24-16)12-3-2-4-13(9-12)20(22)23/h2-9H,1H3,(H,17,19,21). The molecule has 1 aromatic heterocycles. The SMILES string of the molecule is Cc1ccc(C(=O)Nc2nnc(-c3cccc([N+](=O)[O-])c3)s2)cc1. The van der Waals surface area contributed by atoms with Crippen molar-refractivity contribution in [3.63, 3.8) is 0 Å². The zero-order valence-corrected chi connectivity index (χ0v) is 13.4. The van der Waals surface area contributed by atoms with Crippen molar-refractivity contribution in [2.75, 3.05) is 5.32 Å². The second-order valence-electron chi connectivity index (χ2n) is 5.04. The lowest BCUT2D eigenvalue weighted by Crippen LogP contribution is -2.11. The maximum absolute atomic E-state index is 12.2. The van der Waals surface area contributed by atoms with Crippen molar-refractivity contribution >= 4 is 28.1 Å². The van der Waals surface area contributed by atoms with Crippen LogP contribution in [0.1, 0.15) is 15.9 Å². The molecule has 0 bridgehead atoms. The highest BCUT2D eigenvalue weighted by atomic mass is 32.1. The molecule has 0 spiro atoms. The highest BCUT2D eigenvalue weighted by Crippen LogP contribution is 2.28. The minimum atomic E-state index is -0.468. The van der Waals surface area contributed by atoms with E-state index in [2.05, 4.69) is 15.5 Å². The fourth-order valence-corrected chi connectivity index (χ4v) is 2.75. The van der Waals surface area contributed by atoms with Gasteiger partial charge in [-0.05, 0) is 19.1 Å². The van der Waals surface area contributed by atoms with E-state index in [4.69, 9.17) is 0 Å². The summed E-state index contributed by atoms with van der Waals surface area (Å²) in [5, 5.41) is 22.2. The number of anilines is 1. The number of amides is 1. The van der Waals surface area contributed by atoms with Crippen molar-refractivity contribution in [2.24, 2.45) is 0 Å². The molecule has 7 nitrogen and oxygen atoms in total. The molecule has 8 heteroatoms. The summed E-state index contributed by atoms with van der Waals surface area (Å²) in [4.78, 5) is 22.5. The van der Waals surface area contributed by atoms with Gasteiger partial charge in [0.2, 0.25) is 5.13 Å². The summed E-state index contributed by atoms with van der Waals surface area (Å²) in [5.74, 6) is -0.281. The third-order valence-electron chi connectivity index (χ3n) is 3.26. The van der Waals surface area contributed by atoms with Crippen LogP contribution in [0.15, 0.2) is 48.5 Å². The van der Waals surface area contributed by atoms with E-state index in [-0.39, 0.29) is 11.6 Å². The maximum Gasteiger partial charge on any atom is 0.270 e. The van der Waals surface area contributed by atoms with E-state index in [9.17, 15) is 14.9 Å². The molecule has 0 aliphatic heterocycles. The minimum Gasteiger partial charge on any atom is -0.296 e. The predicted octanol–water partition coefficient (Wildman–Crippen LogP) is 3.67. The molecule has 0 saturated heterocycles. The van der Waals surface area contributed by atoms with E-state index in [1.54, 1.807) is 24.3 Å². The Bertz CT molecular complexity index is 906. The van der Waals surface area contributed by atoms with E-state index in [1.807, 2.05) is 19.1 Å². The first kappa shape index (κ1) is 15.8. The van der Waals surface area contributed by atoms with Gasteiger partial charge in [0.05, 0.1) is 4.92 Å². The second-order valence-corrected chi connectivity index (χ2v) is 6.02. The van der Waals surface area contributed by atoms with Crippen molar-refractivity contribution in [2.45, 2.75) is 6.92 Å². The highest BCUT2D eigenvalue weighted by Gasteiger charge is 2.13. The molecule has 1 N–H and O–H groups in total. The van der Waals surface area contributed by atoms with Crippen LogP contribution in [0.3, 0.4) is 0 Å². The Morgan fingerprint density at radius 2 is 1.92 bits per heavy atom. The summed E-state index contributed by atoms with van der Waals surface area (Å²) in [6.07, 6.45) is 0. The van der Waals surface area contributed by atoms with E-state index in [0.717, 1.165) is 16.9 Å². The Labute approximate surface area is 141 Å². The van der Waals surface area contributed by atoms with Crippen LogP contribution in [0.4, 0.5) is 10.8 Å². The third-order valence-corrected chi connectivity index (χ3v) is 4.15. The number of benzene rings is 2. The van der Waals surface area contributed by atoms with Gasteiger partial charge in [0, 0.05) is 23.3 Å². The number of aryl methyl sites for hydroxylation is 1. The number of nitrogens with zero attached hydrogens (tertiary/aromatic N) is 3. The highest BCUT2D eigenvalue weighted by molar-refractivity contribution is 7.18. The molecular formula is C16H12N4O3S. The Kier molecular flexibility index (Phi) is 4.30. The van der Waals surface area contributed by atoms with Crippen LogP contribution in [0.5, 0.6) is 0 Å². The molecule has 0 aliphatic carbocycles. The number of nitro groups is 1. The quantitative estimate of drug-likeness (QED) is 0.577. The van der Waals surface area contributed by atoms with Crippen LogP contribution in [0.25, 0.3) is 10.6 Å². The van der Waals surface area contributed by atoms with Crippen molar-refractivity contribution in [1.29, 1.82) is 0 Å². The average molecular weight is 340 g/mol. The van der Waals surface area contributed by atoms with E-state index >= 15 is 0 Å². The van der Waals surface area contributed by atoms with Gasteiger partial charge in [0.1, 0.15) is 5.01 Å². The lowest BCUT2D eigenvalue weighted by Gasteiger charge is -2.01. The summed E-state index contributed by atoms with van der Waals surface area (Å²) in [7, 11) is 0. The number of rotatable bonds is 4. The first-order valence-corrected chi connectivity index (χ1v) is 7.81. The molecule has 3 rings (SSSR count). The molecule has 0 aliphatic rings. The zero-order chi connectivity index (χ0) is 17.1. The Balaban J connectivity index is 1.78. The van der Waals surface area contributed by atoms with Gasteiger partial charge in [-0.1, -0.05) is 41.2 Å². The molecule has 0 atom stereocenters. The predicted molar refractivity (Wildman–Crippen MR) is 91.1 cm³/mol. The number of hydrogen-bond donors (Lipinski definition) is 1. The van der Waals surface area contributed by atoms with Crippen LogP contribution >= 0.6 is 11.3 Å². The second kappa shape index (κ2) is 6.55. The topological polar surface area (TPSA) is 98.0 Å². The molecule has 24 heavy (non-hydrogen) atoms. The Hall–Kier alpha value is -3.13. The van der Waals surface area contributed by atoms with Crippen LogP contribution in [0.2, 0.25) is 0 Å². The Morgan fingerprint density at radius 3 is 2.62 bits per heavy atom. The van der Waals surface area contributed by atoms with E-state index in [0.29, 0.717) is 21.3 Å². The van der Waals surface area contributed by atoms with Gasteiger partial charge in [0.25, 0.3) is 11.6 Å². The van der Waals surface area contributed by atoms with E-state index in [1.165, 1.54) is 12.1 Å². The fourth-order valence-electron chi connectivity index (χ4n) is 2.02. The van der Waals surface area contributed by atoms with Crippen molar-refractivity contribution in [3.05, 3.63) is 69.8 Å². The number of carbonyl (C=O) groups excluding carboxylic acids is 1. The van der Waals surface area contributed by atoms with Gasteiger partial charge in [-0.2, -0.15) is 0 Å². The van der Waals surface area contributed by atoms with Crippen molar-refractivity contribution in [1.82, 2.24) is 10.2 Å². The molecule has 3 aromatic rings. The van der Waals surface area contributed by atoms with Gasteiger partial charge in [-0.15, -0.1) is 10.2 Å². The third kappa shape index (κ3) is 3.44. The number of nitro benzene ring substituents is 1. The summed E-state index contributed by atoms with van der Waals surface area (Å²) in [6, 6.07) is 13.3. The van der Waals surface area contributed by atoms with Gasteiger partial charge in [0.15, 0.2) is 0 Å². The number of carbonyl (C=O) groups is 1. The lowest BCUT2D eigenvalue weighted by molar-refractivity contribution is -0.384. The first-order chi connectivity index (χ1) is 11.5. The monoisotopic (exact) mass is 340 g/mol. The van der Waals surface area contributed by atoms with Crippen molar-refractivity contribution < 1.29 is 9.72 Å². The number of aromatic nitrogens is 2. The lowest BCUT2D eigenvalue weighted by atomic mass is 10.1. The van der Waals surface area contributed by atoms with Gasteiger partial charge < -0.3 is 0 Å². The largest absolute Gasteiger partial charge is 0.296 e. The molecule has 0 fully saturated rings. The maximum atomic E-state index is 12.2.